The van der Waals surface area contributed by atoms with Crippen molar-refractivity contribution >= 4 is 17.4 Å². The molecule has 2 rings (SSSR count). The van der Waals surface area contributed by atoms with Crippen molar-refractivity contribution in [2.75, 3.05) is 5.32 Å². The maximum absolute atomic E-state index is 10.9. The predicted molar refractivity (Wildman–Crippen MR) is 64.0 cm³/mol. The Kier molecular flexibility index (Phi) is 2.78. The van der Waals surface area contributed by atoms with Gasteiger partial charge in [-0.05, 0) is 19.1 Å². The Morgan fingerprint density at radius 1 is 1.47 bits per heavy atom. The molecule has 3 N–H and O–H groups in total. The van der Waals surface area contributed by atoms with Crippen LogP contribution >= 0.6 is 0 Å². The Morgan fingerprint density at radius 2 is 2.24 bits per heavy atom. The van der Waals surface area contributed by atoms with Crippen molar-refractivity contribution in [2.24, 2.45) is 12.8 Å². The fourth-order valence-electron chi connectivity index (χ4n) is 1.47. The van der Waals surface area contributed by atoms with Crippen LogP contribution in [0.15, 0.2) is 24.5 Å². The molecule has 2 heterocycles. The molecular formula is C11H13N5O. The Morgan fingerprint density at radius 3 is 2.71 bits per heavy atom. The van der Waals surface area contributed by atoms with Crippen LogP contribution in [-0.4, -0.2) is 20.7 Å². The minimum atomic E-state index is -0.485. The van der Waals surface area contributed by atoms with Crippen LogP contribution < -0.4 is 11.1 Å². The number of carbonyl (C=O) groups is 1. The summed E-state index contributed by atoms with van der Waals surface area (Å²) < 4.78 is 1.72. The number of pyridine rings is 1. The summed E-state index contributed by atoms with van der Waals surface area (Å²) in [6, 6.07) is 3.33. The average Bonchev–Trinajstić information content (AvgIpc) is 2.58. The minimum Gasteiger partial charge on any atom is -0.366 e. The number of hydrogen-bond acceptors (Lipinski definition) is 4. The van der Waals surface area contributed by atoms with E-state index in [0.29, 0.717) is 11.4 Å². The molecule has 0 atom stereocenters. The molecule has 0 saturated heterocycles. The second-order valence-corrected chi connectivity index (χ2v) is 3.72. The summed E-state index contributed by atoms with van der Waals surface area (Å²) in [5, 5.41) is 7.32. The van der Waals surface area contributed by atoms with Gasteiger partial charge in [-0.3, -0.25) is 9.48 Å². The number of anilines is 2. The molecule has 0 bridgehead atoms. The largest absolute Gasteiger partial charge is 0.366 e. The van der Waals surface area contributed by atoms with Crippen LogP contribution in [0.25, 0.3) is 0 Å². The molecule has 2 aromatic rings. The molecule has 0 radical (unpaired) electrons. The van der Waals surface area contributed by atoms with Gasteiger partial charge >= 0.3 is 0 Å². The van der Waals surface area contributed by atoms with Gasteiger partial charge in [-0.2, -0.15) is 5.10 Å². The number of carbonyl (C=O) groups excluding carboxylic acids is 1. The lowest BCUT2D eigenvalue weighted by molar-refractivity contribution is 0.1000. The van der Waals surface area contributed by atoms with Crippen LogP contribution in [0.2, 0.25) is 0 Å². The summed E-state index contributed by atoms with van der Waals surface area (Å²) in [5.41, 5.74) is 7.28. The number of aryl methyl sites for hydroxylation is 2. The molecule has 0 aliphatic heterocycles. The van der Waals surface area contributed by atoms with Crippen LogP contribution in [0.5, 0.6) is 0 Å². The molecule has 1 amide bonds. The van der Waals surface area contributed by atoms with Crippen LogP contribution in [0, 0.1) is 6.92 Å². The van der Waals surface area contributed by atoms with Gasteiger partial charge in [0, 0.05) is 19.4 Å². The summed E-state index contributed by atoms with van der Waals surface area (Å²) in [7, 11) is 1.85. The van der Waals surface area contributed by atoms with Gasteiger partial charge in [-0.1, -0.05) is 0 Å². The highest BCUT2D eigenvalue weighted by molar-refractivity contribution is 5.92. The van der Waals surface area contributed by atoms with E-state index in [1.165, 1.54) is 6.20 Å². The first kappa shape index (κ1) is 11.1. The van der Waals surface area contributed by atoms with Gasteiger partial charge in [0.15, 0.2) is 0 Å². The lowest BCUT2D eigenvalue weighted by atomic mass is 10.2. The zero-order chi connectivity index (χ0) is 12.4. The standard InChI is InChI=1S/C11H13N5O/c1-7-9(6-16(2)15-7)14-10-4-3-8(5-13-10)11(12)17/h3-6H,1-2H3,(H2,12,17)(H,13,14). The number of amides is 1. The third kappa shape index (κ3) is 2.41. The van der Waals surface area contributed by atoms with E-state index >= 15 is 0 Å². The Balaban J connectivity index is 2.19. The second-order valence-electron chi connectivity index (χ2n) is 3.72. The average molecular weight is 231 g/mol. The number of nitrogens with zero attached hydrogens (tertiary/aromatic N) is 3. The molecule has 0 fully saturated rings. The smallest absolute Gasteiger partial charge is 0.250 e. The number of primary amides is 1. The zero-order valence-electron chi connectivity index (χ0n) is 9.64. The Hall–Kier alpha value is -2.37. The van der Waals surface area contributed by atoms with Crippen molar-refractivity contribution in [3.63, 3.8) is 0 Å². The summed E-state index contributed by atoms with van der Waals surface area (Å²) in [6.07, 6.45) is 3.30. The minimum absolute atomic E-state index is 0.387. The summed E-state index contributed by atoms with van der Waals surface area (Å²) in [5.74, 6) is 0.160. The fraction of sp³-hybridized carbons (Fsp3) is 0.182. The third-order valence-electron chi connectivity index (χ3n) is 2.32. The molecule has 0 aliphatic rings. The number of hydrogen-bond donors (Lipinski definition) is 2. The highest BCUT2D eigenvalue weighted by atomic mass is 16.1. The third-order valence-corrected chi connectivity index (χ3v) is 2.32. The van der Waals surface area contributed by atoms with Crippen LogP contribution in [0.4, 0.5) is 11.5 Å². The van der Waals surface area contributed by atoms with Crippen molar-refractivity contribution in [1.29, 1.82) is 0 Å². The number of aromatic nitrogens is 3. The molecular weight excluding hydrogens is 218 g/mol. The first-order valence-corrected chi connectivity index (χ1v) is 5.09. The number of rotatable bonds is 3. The maximum Gasteiger partial charge on any atom is 0.250 e. The molecule has 2 aromatic heterocycles. The van der Waals surface area contributed by atoms with Crippen molar-refractivity contribution in [3.8, 4) is 0 Å². The van der Waals surface area contributed by atoms with E-state index in [4.69, 9.17) is 5.73 Å². The highest BCUT2D eigenvalue weighted by Gasteiger charge is 2.05. The molecule has 0 spiro atoms. The van der Waals surface area contributed by atoms with Crippen molar-refractivity contribution in [3.05, 3.63) is 35.8 Å². The van der Waals surface area contributed by atoms with Crippen molar-refractivity contribution < 1.29 is 4.79 Å². The van der Waals surface area contributed by atoms with Gasteiger partial charge in [0.2, 0.25) is 5.91 Å². The molecule has 0 unspecified atom stereocenters. The van der Waals surface area contributed by atoms with Crippen LogP contribution in [0.1, 0.15) is 16.1 Å². The molecule has 0 saturated carbocycles. The second kappa shape index (κ2) is 4.25. The number of nitrogens with two attached hydrogens (primary N) is 1. The molecule has 88 valence electrons. The first-order chi connectivity index (χ1) is 8.06. The maximum atomic E-state index is 10.9. The van der Waals surface area contributed by atoms with E-state index in [9.17, 15) is 4.79 Å². The van der Waals surface area contributed by atoms with Gasteiger partial charge in [-0.25, -0.2) is 4.98 Å². The van der Waals surface area contributed by atoms with Crippen molar-refractivity contribution in [1.82, 2.24) is 14.8 Å². The van der Waals surface area contributed by atoms with Gasteiger partial charge in [0.1, 0.15) is 5.82 Å². The SMILES string of the molecule is Cc1nn(C)cc1Nc1ccc(C(N)=O)cn1. The van der Waals surface area contributed by atoms with Gasteiger partial charge in [0.25, 0.3) is 0 Å². The summed E-state index contributed by atoms with van der Waals surface area (Å²) >= 11 is 0. The number of nitrogens with one attached hydrogen (secondary N) is 1. The Bertz CT molecular complexity index is 543. The predicted octanol–water partition coefficient (Wildman–Crippen LogP) is 0.966. The van der Waals surface area contributed by atoms with Gasteiger partial charge in [-0.15, -0.1) is 0 Å². The lowest BCUT2D eigenvalue weighted by Crippen LogP contribution is -2.11. The van der Waals surface area contributed by atoms with E-state index in [-0.39, 0.29) is 0 Å². The molecule has 0 aliphatic carbocycles. The van der Waals surface area contributed by atoms with Crippen molar-refractivity contribution in [2.45, 2.75) is 6.92 Å². The normalized spacial score (nSPS) is 10.2. The van der Waals surface area contributed by atoms with E-state index in [2.05, 4.69) is 15.4 Å². The summed E-state index contributed by atoms with van der Waals surface area (Å²) in [4.78, 5) is 15.0. The first-order valence-electron chi connectivity index (χ1n) is 5.09. The fourth-order valence-corrected chi connectivity index (χ4v) is 1.47. The lowest BCUT2D eigenvalue weighted by Gasteiger charge is -2.03. The van der Waals surface area contributed by atoms with E-state index in [0.717, 1.165) is 11.4 Å². The summed E-state index contributed by atoms with van der Waals surface area (Å²) in [6.45, 7) is 1.90. The topological polar surface area (TPSA) is 85.8 Å². The van der Waals surface area contributed by atoms with Gasteiger partial charge in [0.05, 0.1) is 16.9 Å². The van der Waals surface area contributed by atoms with E-state index in [1.807, 2.05) is 20.2 Å². The van der Waals surface area contributed by atoms with E-state index in [1.54, 1.807) is 16.8 Å². The van der Waals surface area contributed by atoms with Crippen LogP contribution in [-0.2, 0) is 7.05 Å². The Labute approximate surface area is 98.5 Å². The highest BCUT2D eigenvalue weighted by Crippen LogP contribution is 2.17. The molecule has 6 nitrogen and oxygen atoms in total. The van der Waals surface area contributed by atoms with Crippen LogP contribution in [0.3, 0.4) is 0 Å². The quantitative estimate of drug-likeness (QED) is 0.824. The molecule has 6 heteroatoms. The molecule has 0 aromatic carbocycles. The zero-order valence-corrected chi connectivity index (χ0v) is 9.64. The monoisotopic (exact) mass is 231 g/mol. The molecule has 17 heavy (non-hydrogen) atoms. The van der Waals surface area contributed by atoms with Gasteiger partial charge < -0.3 is 11.1 Å². The van der Waals surface area contributed by atoms with E-state index < -0.39 is 5.91 Å².